The lowest BCUT2D eigenvalue weighted by Gasteiger charge is -2.19. The first kappa shape index (κ1) is 13.3. The SMILES string of the molecule is CCNC(c1ccncc1CC)c1occc1Br. The van der Waals surface area contributed by atoms with Gasteiger partial charge in [-0.05, 0) is 52.2 Å². The van der Waals surface area contributed by atoms with Crippen LogP contribution in [-0.2, 0) is 6.42 Å². The number of pyridine rings is 1. The van der Waals surface area contributed by atoms with Crippen LogP contribution in [0, 0.1) is 0 Å². The van der Waals surface area contributed by atoms with Crippen molar-refractivity contribution in [3.8, 4) is 0 Å². The summed E-state index contributed by atoms with van der Waals surface area (Å²) in [7, 11) is 0. The Bertz CT molecular complexity index is 510. The van der Waals surface area contributed by atoms with Crippen LogP contribution in [0.2, 0.25) is 0 Å². The Balaban J connectivity index is 2.45. The summed E-state index contributed by atoms with van der Waals surface area (Å²) in [6.07, 6.45) is 6.42. The number of aryl methyl sites for hydroxylation is 1. The van der Waals surface area contributed by atoms with Crippen LogP contribution in [0.4, 0.5) is 0 Å². The molecule has 1 atom stereocenters. The molecular weight excluding hydrogens is 292 g/mol. The molecule has 0 aliphatic heterocycles. The molecule has 96 valence electrons. The van der Waals surface area contributed by atoms with Crippen LogP contribution >= 0.6 is 15.9 Å². The summed E-state index contributed by atoms with van der Waals surface area (Å²) in [6, 6.07) is 4.05. The minimum Gasteiger partial charge on any atom is -0.466 e. The Morgan fingerprint density at radius 2 is 2.22 bits per heavy atom. The number of nitrogens with zero attached hydrogens (tertiary/aromatic N) is 1. The van der Waals surface area contributed by atoms with E-state index in [1.165, 1.54) is 11.1 Å². The van der Waals surface area contributed by atoms with E-state index in [4.69, 9.17) is 4.42 Å². The molecule has 3 nitrogen and oxygen atoms in total. The molecule has 0 amide bonds. The van der Waals surface area contributed by atoms with Gasteiger partial charge in [0.2, 0.25) is 0 Å². The first-order valence-electron chi connectivity index (χ1n) is 6.17. The average Bonchev–Trinajstić information content (AvgIpc) is 2.82. The second-order valence-electron chi connectivity index (χ2n) is 4.05. The van der Waals surface area contributed by atoms with Crippen molar-refractivity contribution in [3.05, 3.63) is 52.1 Å². The topological polar surface area (TPSA) is 38.1 Å². The molecule has 2 rings (SSSR count). The van der Waals surface area contributed by atoms with E-state index in [2.05, 4.69) is 46.1 Å². The van der Waals surface area contributed by atoms with Crippen LogP contribution in [0.5, 0.6) is 0 Å². The fourth-order valence-corrected chi connectivity index (χ4v) is 2.50. The molecule has 0 radical (unpaired) electrons. The van der Waals surface area contributed by atoms with Crippen LogP contribution in [0.3, 0.4) is 0 Å². The van der Waals surface area contributed by atoms with Crippen molar-refractivity contribution in [2.45, 2.75) is 26.3 Å². The van der Waals surface area contributed by atoms with Crippen molar-refractivity contribution in [2.24, 2.45) is 0 Å². The maximum atomic E-state index is 5.60. The third kappa shape index (κ3) is 2.65. The number of aromatic nitrogens is 1. The van der Waals surface area contributed by atoms with Crippen molar-refractivity contribution in [3.63, 3.8) is 0 Å². The second kappa shape index (κ2) is 6.16. The highest BCUT2D eigenvalue weighted by molar-refractivity contribution is 9.10. The van der Waals surface area contributed by atoms with Gasteiger partial charge in [0.1, 0.15) is 5.76 Å². The summed E-state index contributed by atoms with van der Waals surface area (Å²) in [5.74, 6) is 0.915. The largest absolute Gasteiger partial charge is 0.466 e. The summed E-state index contributed by atoms with van der Waals surface area (Å²) in [6.45, 7) is 5.11. The third-order valence-corrected chi connectivity index (χ3v) is 3.60. The molecule has 1 N–H and O–H groups in total. The summed E-state index contributed by atoms with van der Waals surface area (Å²) < 4.78 is 6.60. The van der Waals surface area contributed by atoms with Crippen molar-refractivity contribution in [1.82, 2.24) is 10.3 Å². The van der Waals surface area contributed by atoms with Gasteiger partial charge >= 0.3 is 0 Å². The van der Waals surface area contributed by atoms with E-state index in [1.54, 1.807) is 6.26 Å². The van der Waals surface area contributed by atoms with Gasteiger partial charge in [-0.2, -0.15) is 0 Å². The average molecular weight is 309 g/mol. The number of rotatable bonds is 5. The highest BCUT2D eigenvalue weighted by Gasteiger charge is 2.21. The van der Waals surface area contributed by atoms with Crippen LogP contribution in [0.25, 0.3) is 0 Å². The molecular formula is C14H17BrN2O. The highest BCUT2D eigenvalue weighted by Crippen LogP contribution is 2.31. The smallest absolute Gasteiger partial charge is 0.139 e. The Labute approximate surface area is 116 Å². The maximum Gasteiger partial charge on any atom is 0.139 e. The van der Waals surface area contributed by atoms with Gasteiger partial charge in [0.05, 0.1) is 16.8 Å². The van der Waals surface area contributed by atoms with Crippen molar-refractivity contribution in [1.29, 1.82) is 0 Å². The second-order valence-corrected chi connectivity index (χ2v) is 4.91. The summed E-state index contributed by atoms with van der Waals surface area (Å²) in [5.41, 5.74) is 2.47. The monoisotopic (exact) mass is 308 g/mol. The number of hydrogen-bond acceptors (Lipinski definition) is 3. The molecule has 0 saturated carbocycles. The molecule has 0 saturated heterocycles. The van der Waals surface area contributed by atoms with Crippen LogP contribution in [-0.4, -0.2) is 11.5 Å². The summed E-state index contributed by atoms with van der Waals surface area (Å²) in [5, 5.41) is 3.47. The Hall–Kier alpha value is -1.13. The van der Waals surface area contributed by atoms with Gasteiger partial charge in [-0.15, -0.1) is 0 Å². The lowest BCUT2D eigenvalue weighted by atomic mass is 9.99. The first-order valence-corrected chi connectivity index (χ1v) is 6.96. The van der Waals surface area contributed by atoms with E-state index < -0.39 is 0 Å². The molecule has 18 heavy (non-hydrogen) atoms. The maximum absolute atomic E-state index is 5.60. The van der Waals surface area contributed by atoms with Gasteiger partial charge < -0.3 is 9.73 Å². The van der Waals surface area contributed by atoms with Gasteiger partial charge in [0.25, 0.3) is 0 Å². The van der Waals surface area contributed by atoms with E-state index in [9.17, 15) is 0 Å². The minimum absolute atomic E-state index is 0.0670. The highest BCUT2D eigenvalue weighted by atomic mass is 79.9. The minimum atomic E-state index is 0.0670. The van der Waals surface area contributed by atoms with Gasteiger partial charge in [0.15, 0.2) is 0 Å². The lowest BCUT2D eigenvalue weighted by Crippen LogP contribution is -2.23. The van der Waals surface area contributed by atoms with Crippen LogP contribution in [0.15, 0.2) is 39.7 Å². The Morgan fingerprint density at radius 3 is 2.83 bits per heavy atom. The molecule has 0 fully saturated rings. The number of furan rings is 1. The summed E-state index contributed by atoms with van der Waals surface area (Å²) in [4.78, 5) is 4.19. The fraction of sp³-hybridized carbons (Fsp3) is 0.357. The van der Waals surface area contributed by atoms with Crippen molar-refractivity contribution in [2.75, 3.05) is 6.54 Å². The Morgan fingerprint density at radius 1 is 1.39 bits per heavy atom. The summed E-state index contributed by atoms with van der Waals surface area (Å²) >= 11 is 3.53. The number of hydrogen-bond donors (Lipinski definition) is 1. The standard InChI is InChI=1S/C14H17BrN2O/c1-3-10-9-16-7-5-11(10)13(17-4-2)14-12(15)6-8-18-14/h5-9,13,17H,3-4H2,1-2H3. The number of halogens is 1. The molecule has 2 heterocycles. The van der Waals surface area contributed by atoms with Gasteiger partial charge in [-0.1, -0.05) is 13.8 Å². The van der Waals surface area contributed by atoms with Crippen molar-refractivity contribution < 1.29 is 4.42 Å². The fourth-order valence-electron chi connectivity index (χ4n) is 2.07. The van der Waals surface area contributed by atoms with Crippen LogP contribution in [0.1, 0.15) is 36.8 Å². The predicted octanol–water partition coefficient (Wildman–Crippen LogP) is 3.70. The molecule has 0 bridgehead atoms. The van der Waals surface area contributed by atoms with E-state index in [0.29, 0.717) is 0 Å². The van der Waals surface area contributed by atoms with Gasteiger partial charge in [-0.3, -0.25) is 4.98 Å². The zero-order chi connectivity index (χ0) is 13.0. The lowest BCUT2D eigenvalue weighted by molar-refractivity contribution is 0.448. The molecule has 0 aliphatic carbocycles. The predicted molar refractivity (Wildman–Crippen MR) is 75.5 cm³/mol. The van der Waals surface area contributed by atoms with Gasteiger partial charge in [0, 0.05) is 12.4 Å². The van der Waals surface area contributed by atoms with Crippen molar-refractivity contribution >= 4 is 15.9 Å². The van der Waals surface area contributed by atoms with Crippen LogP contribution < -0.4 is 5.32 Å². The quantitative estimate of drug-likeness (QED) is 0.915. The van der Waals surface area contributed by atoms with E-state index >= 15 is 0 Å². The molecule has 2 aromatic rings. The molecule has 0 spiro atoms. The molecule has 4 heteroatoms. The normalized spacial score (nSPS) is 12.6. The zero-order valence-electron chi connectivity index (χ0n) is 10.6. The molecule has 0 aliphatic rings. The van der Waals surface area contributed by atoms with E-state index in [1.807, 2.05) is 18.5 Å². The molecule has 0 aromatic carbocycles. The first-order chi connectivity index (χ1) is 8.77. The molecule has 2 aromatic heterocycles. The zero-order valence-corrected chi connectivity index (χ0v) is 12.2. The van der Waals surface area contributed by atoms with E-state index in [-0.39, 0.29) is 6.04 Å². The number of nitrogens with one attached hydrogen (secondary N) is 1. The molecule has 1 unspecified atom stereocenters. The van der Waals surface area contributed by atoms with E-state index in [0.717, 1.165) is 23.2 Å². The third-order valence-electron chi connectivity index (χ3n) is 2.95. The Kier molecular flexibility index (Phi) is 4.55. The van der Waals surface area contributed by atoms with Gasteiger partial charge in [-0.25, -0.2) is 0 Å².